The Balaban J connectivity index is 1.65. The molecule has 0 unspecified atom stereocenters. The highest BCUT2D eigenvalue weighted by atomic mass is 32.1. The van der Waals surface area contributed by atoms with Crippen molar-refractivity contribution in [1.29, 1.82) is 0 Å². The molecule has 0 fully saturated rings. The van der Waals surface area contributed by atoms with Crippen molar-refractivity contribution in [1.82, 2.24) is 14.6 Å². The number of carbonyl (C=O) groups is 1. The fourth-order valence-electron chi connectivity index (χ4n) is 2.50. The molecular formula is C17H14N4O2S3. The van der Waals surface area contributed by atoms with Crippen LogP contribution in [0.2, 0.25) is 0 Å². The largest absolute Gasteiger partial charge is 0.282 e. The second kappa shape index (κ2) is 6.75. The van der Waals surface area contributed by atoms with Crippen LogP contribution in [0.15, 0.2) is 34.7 Å². The minimum atomic E-state index is -0.364. The van der Waals surface area contributed by atoms with Crippen molar-refractivity contribution in [3.63, 3.8) is 0 Å². The van der Waals surface area contributed by atoms with Crippen LogP contribution in [-0.4, -0.2) is 20.6 Å². The number of fused-ring (bicyclic) bond motifs is 1. The van der Waals surface area contributed by atoms with Gasteiger partial charge in [-0.05, 0) is 30.9 Å². The van der Waals surface area contributed by atoms with Gasteiger partial charge in [0.05, 0.1) is 16.0 Å². The molecule has 4 aromatic rings. The molecule has 0 atom stereocenters. The molecule has 4 aromatic heterocycles. The maximum atomic E-state index is 12.6. The molecule has 0 saturated carbocycles. The fraction of sp³-hybridized carbons (Fsp3) is 0.176. The summed E-state index contributed by atoms with van der Waals surface area (Å²) in [4.78, 5) is 37.3. The highest BCUT2D eigenvalue weighted by Gasteiger charge is 2.18. The van der Waals surface area contributed by atoms with E-state index in [1.54, 1.807) is 18.3 Å². The molecule has 0 aliphatic carbocycles. The van der Waals surface area contributed by atoms with Crippen LogP contribution in [0.1, 0.15) is 27.2 Å². The van der Waals surface area contributed by atoms with Crippen molar-refractivity contribution in [2.45, 2.75) is 20.3 Å². The summed E-state index contributed by atoms with van der Waals surface area (Å²) in [5, 5.41) is 3.29. The SMILES string of the molecule is CCc1cc2c(=O)n(NC(=O)c3sc(-c4cccs4)nc3C)cnc2s1. The number of hydrogen-bond acceptors (Lipinski definition) is 7. The first kappa shape index (κ1) is 17.1. The number of rotatable bonds is 4. The van der Waals surface area contributed by atoms with E-state index in [0.717, 1.165) is 25.9 Å². The van der Waals surface area contributed by atoms with Crippen molar-refractivity contribution in [2.75, 3.05) is 5.43 Å². The molecular weight excluding hydrogens is 388 g/mol. The second-order valence-corrected chi connectivity index (χ2v) is 8.62. The number of thiophene rings is 2. The van der Waals surface area contributed by atoms with Crippen molar-refractivity contribution < 1.29 is 4.79 Å². The maximum absolute atomic E-state index is 12.6. The summed E-state index contributed by atoms with van der Waals surface area (Å²) in [5.41, 5.74) is 2.99. The predicted octanol–water partition coefficient (Wildman–Crippen LogP) is 3.90. The Morgan fingerprint density at radius 1 is 1.35 bits per heavy atom. The molecule has 1 amide bonds. The lowest BCUT2D eigenvalue weighted by Crippen LogP contribution is -2.32. The lowest BCUT2D eigenvalue weighted by Gasteiger charge is -2.06. The van der Waals surface area contributed by atoms with E-state index < -0.39 is 0 Å². The van der Waals surface area contributed by atoms with Gasteiger partial charge in [0.15, 0.2) is 0 Å². The molecule has 0 radical (unpaired) electrons. The number of carbonyl (C=O) groups excluding carboxylic acids is 1. The Hall–Kier alpha value is -2.36. The highest BCUT2D eigenvalue weighted by Crippen LogP contribution is 2.31. The predicted molar refractivity (Wildman–Crippen MR) is 107 cm³/mol. The average molecular weight is 403 g/mol. The third-order valence-electron chi connectivity index (χ3n) is 3.81. The molecule has 4 rings (SSSR count). The standard InChI is InChI=1S/C17H14N4O2S3/c1-3-10-7-11-15(25-10)18-8-21(17(11)23)20-14(22)13-9(2)19-16(26-13)12-5-4-6-24-12/h4-8H,3H2,1-2H3,(H,20,22). The summed E-state index contributed by atoms with van der Waals surface area (Å²) in [7, 11) is 0. The number of aromatic nitrogens is 3. The van der Waals surface area contributed by atoms with E-state index in [1.807, 2.05) is 30.5 Å². The molecule has 4 heterocycles. The van der Waals surface area contributed by atoms with Crippen LogP contribution in [0, 0.1) is 6.92 Å². The number of aryl methyl sites for hydroxylation is 2. The minimum Gasteiger partial charge on any atom is -0.267 e. The van der Waals surface area contributed by atoms with Gasteiger partial charge >= 0.3 is 0 Å². The van der Waals surface area contributed by atoms with Gasteiger partial charge in [0.2, 0.25) is 0 Å². The number of amides is 1. The summed E-state index contributed by atoms with van der Waals surface area (Å²) in [5.74, 6) is -0.364. The van der Waals surface area contributed by atoms with Crippen LogP contribution in [0.3, 0.4) is 0 Å². The van der Waals surface area contributed by atoms with E-state index in [2.05, 4.69) is 15.4 Å². The van der Waals surface area contributed by atoms with Gasteiger partial charge in [-0.25, -0.2) is 14.6 Å². The first-order valence-electron chi connectivity index (χ1n) is 7.89. The third-order valence-corrected chi connectivity index (χ3v) is 7.19. The van der Waals surface area contributed by atoms with Crippen LogP contribution in [0.5, 0.6) is 0 Å². The quantitative estimate of drug-likeness (QED) is 0.562. The first-order chi connectivity index (χ1) is 12.6. The van der Waals surface area contributed by atoms with E-state index in [4.69, 9.17) is 0 Å². The Kier molecular flexibility index (Phi) is 4.43. The lowest BCUT2D eigenvalue weighted by atomic mass is 10.3. The Morgan fingerprint density at radius 2 is 2.19 bits per heavy atom. The van der Waals surface area contributed by atoms with Gasteiger partial charge in [0.25, 0.3) is 11.5 Å². The van der Waals surface area contributed by atoms with Gasteiger partial charge in [0.1, 0.15) is 21.0 Å². The molecule has 0 aromatic carbocycles. The lowest BCUT2D eigenvalue weighted by molar-refractivity contribution is 0.101. The Labute approximate surface area is 160 Å². The highest BCUT2D eigenvalue weighted by molar-refractivity contribution is 7.22. The number of hydrogen-bond donors (Lipinski definition) is 1. The minimum absolute atomic E-state index is 0.278. The topological polar surface area (TPSA) is 76.9 Å². The molecule has 26 heavy (non-hydrogen) atoms. The van der Waals surface area contributed by atoms with Gasteiger partial charge < -0.3 is 0 Å². The van der Waals surface area contributed by atoms with Crippen LogP contribution < -0.4 is 11.0 Å². The smallest absolute Gasteiger partial charge is 0.267 e. The summed E-state index contributed by atoms with van der Waals surface area (Å²) in [6.45, 7) is 3.82. The zero-order valence-electron chi connectivity index (χ0n) is 14.0. The average Bonchev–Trinajstić information content (AvgIpc) is 3.35. The summed E-state index contributed by atoms with van der Waals surface area (Å²) in [6, 6.07) is 5.75. The molecule has 0 spiro atoms. The Morgan fingerprint density at radius 3 is 2.92 bits per heavy atom. The molecule has 1 N–H and O–H groups in total. The number of thiazole rings is 1. The van der Waals surface area contributed by atoms with Gasteiger partial charge in [0, 0.05) is 4.88 Å². The van der Waals surface area contributed by atoms with Gasteiger partial charge in [-0.2, -0.15) is 0 Å². The number of nitrogens with one attached hydrogen (secondary N) is 1. The van der Waals surface area contributed by atoms with Gasteiger partial charge in [-0.15, -0.1) is 34.0 Å². The van der Waals surface area contributed by atoms with Crippen molar-refractivity contribution in [3.05, 3.63) is 55.7 Å². The molecule has 6 nitrogen and oxygen atoms in total. The van der Waals surface area contributed by atoms with Crippen molar-refractivity contribution >= 4 is 50.1 Å². The second-order valence-electron chi connectivity index (χ2n) is 5.56. The summed E-state index contributed by atoms with van der Waals surface area (Å²) >= 11 is 4.39. The maximum Gasteiger partial charge on any atom is 0.282 e. The molecule has 9 heteroatoms. The van der Waals surface area contributed by atoms with Crippen molar-refractivity contribution in [2.24, 2.45) is 0 Å². The fourth-order valence-corrected chi connectivity index (χ4v) is 5.18. The van der Waals surface area contributed by atoms with E-state index in [0.29, 0.717) is 20.8 Å². The van der Waals surface area contributed by atoms with Crippen molar-refractivity contribution in [3.8, 4) is 9.88 Å². The first-order valence-corrected chi connectivity index (χ1v) is 10.4. The molecule has 0 aliphatic rings. The van der Waals surface area contributed by atoms with Crippen LogP contribution in [-0.2, 0) is 6.42 Å². The van der Waals surface area contributed by atoms with E-state index >= 15 is 0 Å². The Bertz CT molecular complexity index is 1150. The van der Waals surface area contributed by atoms with Crippen LogP contribution in [0.25, 0.3) is 20.1 Å². The molecule has 0 saturated heterocycles. The van der Waals surface area contributed by atoms with Gasteiger partial charge in [-0.1, -0.05) is 13.0 Å². The number of nitrogens with zero attached hydrogens (tertiary/aromatic N) is 3. The molecule has 0 bridgehead atoms. The van der Waals surface area contributed by atoms with Gasteiger partial charge in [-0.3, -0.25) is 15.0 Å². The van der Waals surface area contributed by atoms with Crippen LogP contribution in [0.4, 0.5) is 0 Å². The molecule has 0 aliphatic heterocycles. The van der Waals surface area contributed by atoms with E-state index in [1.165, 1.54) is 29.0 Å². The summed E-state index contributed by atoms with van der Waals surface area (Å²) in [6.07, 6.45) is 2.20. The van der Waals surface area contributed by atoms with E-state index in [-0.39, 0.29) is 11.5 Å². The summed E-state index contributed by atoms with van der Waals surface area (Å²) < 4.78 is 1.14. The normalized spacial score (nSPS) is 11.2. The van der Waals surface area contributed by atoms with E-state index in [9.17, 15) is 9.59 Å². The monoisotopic (exact) mass is 402 g/mol. The zero-order chi connectivity index (χ0) is 18.3. The third kappa shape index (κ3) is 2.98. The van der Waals surface area contributed by atoms with Crippen LogP contribution >= 0.6 is 34.0 Å². The molecule has 132 valence electrons. The zero-order valence-corrected chi connectivity index (χ0v) is 16.4.